The van der Waals surface area contributed by atoms with Crippen LogP contribution in [0.1, 0.15) is 16.1 Å². The van der Waals surface area contributed by atoms with E-state index in [1.54, 1.807) is 0 Å². The lowest BCUT2D eigenvalue weighted by Gasteiger charge is -2.04. The van der Waals surface area contributed by atoms with Gasteiger partial charge in [0.15, 0.2) is 11.4 Å². The Balaban J connectivity index is 1.63. The largest absolute Gasteiger partial charge is 0.504 e. The summed E-state index contributed by atoms with van der Waals surface area (Å²) in [6.07, 6.45) is 2.09. The van der Waals surface area contributed by atoms with Crippen molar-refractivity contribution in [3.63, 3.8) is 0 Å². The van der Waals surface area contributed by atoms with Crippen molar-refractivity contribution in [3.8, 4) is 11.4 Å². The molecule has 0 spiro atoms. The molecule has 0 saturated heterocycles. The molecule has 0 aliphatic carbocycles. The number of halogens is 1. The molecule has 3 rings (SSSR count). The van der Waals surface area contributed by atoms with E-state index in [2.05, 4.69) is 10.4 Å². The molecule has 24 heavy (non-hydrogen) atoms. The van der Waals surface area contributed by atoms with Gasteiger partial charge in [-0.25, -0.2) is 4.68 Å². The summed E-state index contributed by atoms with van der Waals surface area (Å²) >= 11 is 5.84. The molecule has 3 aromatic rings. The Morgan fingerprint density at radius 3 is 2.54 bits per heavy atom. The number of para-hydroxylation sites is 1. The van der Waals surface area contributed by atoms with Gasteiger partial charge in [0.05, 0.1) is 11.9 Å². The van der Waals surface area contributed by atoms with Gasteiger partial charge in [-0.1, -0.05) is 41.9 Å². The SMILES string of the molecule is O=C(NCCc1ccc(Cl)cc1)c1nn(-c2ccccc2)cc1O. The number of hydrogen-bond donors (Lipinski definition) is 2. The lowest BCUT2D eigenvalue weighted by molar-refractivity contribution is 0.0946. The van der Waals surface area contributed by atoms with Crippen LogP contribution in [0.3, 0.4) is 0 Å². The summed E-state index contributed by atoms with van der Waals surface area (Å²) in [7, 11) is 0. The van der Waals surface area contributed by atoms with Gasteiger partial charge in [-0.3, -0.25) is 4.79 Å². The molecule has 1 aromatic heterocycles. The summed E-state index contributed by atoms with van der Waals surface area (Å²) in [5.41, 5.74) is 1.85. The second-order valence-electron chi connectivity index (χ2n) is 5.28. The van der Waals surface area contributed by atoms with Gasteiger partial charge in [0.1, 0.15) is 0 Å². The molecule has 0 bridgehead atoms. The summed E-state index contributed by atoms with van der Waals surface area (Å²) in [5, 5.41) is 17.5. The molecule has 122 valence electrons. The average molecular weight is 342 g/mol. The van der Waals surface area contributed by atoms with E-state index in [1.165, 1.54) is 10.9 Å². The van der Waals surface area contributed by atoms with E-state index in [0.29, 0.717) is 18.0 Å². The van der Waals surface area contributed by atoms with Gasteiger partial charge < -0.3 is 10.4 Å². The van der Waals surface area contributed by atoms with Crippen LogP contribution in [0.2, 0.25) is 5.02 Å². The monoisotopic (exact) mass is 341 g/mol. The number of aromatic hydroxyl groups is 1. The molecule has 0 aliphatic heterocycles. The van der Waals surface area contributed by atoms with Crippen LogP contribution >= 0.6 is 11.6 Å². The number of carbonyl (C=O) groups excluding carboxylic acids is 1. The minimum atomic E-state index is -0.406. The highest BCUT2D eigenvalue weighted by molar-refractivity contribution is 6.30. The fourth-order valence-electron chi connectivity index (χ4n) is 2.29. The Morgan fingerprint density at radius 2 is 1.83 bits per heavy atom. The normalized spacial score (nSPS) is 10.5. The maximum Gasteiger partial charge on any atom is 0.275 e. The Bertz CT molecular complexity index is 829. The van der Waals surface area contributed by atoms with E-state index in [1.807, 2.05) is 54.6 Å². The third kappa shape index (κ3) is 3.75. The van der Waals surface area contributed by atoms with Crippen molar-refractivity contribution in [1.29, 1.82) is 0 Å². The van der Waals surface area contributed by atoms with E-state index in [-0.39, 0.29) is 11.4 Å². The van der Waals surface area contributed by atoms with E-state index in [0.717, 1.165) is 11.3 Å². The van der Waals surface area contributed by atoms with Gasteiger partial charge in [0.2, 0.25) is 0 Å². The number of carbonyl (C=O) groups is 1. The first-order valence-corrected chi connectivity index (χ1v) is 7.88. The third-order valence-corrected chi connectivity index (χ3v) is 3.80. The van der Waals surface area contributed by atoms with Gasteiger partial charge >= 0.3 is 0 Å². The Labute approximate surface area is 144 Å². The average Bonchev–Trinajstić information content (AvgIpc) is 2.99. The van der Waals surface area contributed by atoms with Crippen LogP contribution in [0.15, 0.2) is 60.8 Å². The highest BCUT2D eigenvalue weighted by Gasteiger charge is 2.16. The van der Waals surface area contributed by atoms with Gasteiger partial charge in [0.25, 0.3) is 5.91 Å². The summed E-state index contributed by atoms with van der Waals surface area (Å²) in [5.74, 6) is -0.556. The first-order valence-electron chi connectivity index (χ1n) is 7.50. The van der Waals surface area contributed by atoms with Crippen LogP contribution < -0.4 is 5.32 Å². The number of nitrogens with one attached hydrogen (secondary N) is 1. The fourth-order valence-corrected chi connectivity index (χ4v) is 2.42. The predicted octanol–water partition coefficient (Wildman–Crippen LogP) is 3.20. The topological polar surface area (TPSA) is 67.2 Å². The zero-order valence-electron chi connectivity index (χ0n) is 12.8. The summed E-state index contributed by atoms with van der Waals surface area (Å²) in [4.78, 5) is 12.2. The fraction of sp³-hybridized carbons (Fsp3) is 0.111. The van der Waals surface area contributed by atoms with Crippen LogP contribution in [0.5, 0.6) is 5.75 Å². The van der Waals surface area contributed by atoms with Crippen molar-refractivity contribution < 1.29 is 9.90 Å². The van der Waals surface area contributed by atoms with Gasteiger partial charge in [-0.15, -0.1) is 0 Å². The van der Waals surface area contributed by atoms with Crippen molar-refractivity contribution in [1.82, 2.24) is 15.1 Å². The molecule has 2 N–H and O–H groups in total. The summed E-state index contributed by atoms with van der Waals surface area (Å²) in [6, 6.07) is 16.7. The number of benzene rings is 2. The maximum absolute atomic E-state index is 12.2. The molecular weight excluding hydrogens is 326 g/mol. The minimum absolute atomic E-state index is 0.00922. The van der Waals surface area contributed by atoms with E-state index in [9.17, 15) is 9.90 Å². The Kier molecular flexibility index (Phi) is 4.82. The predicted molar refractivity (Wildman–Crippen MR) is 92.7 cm³/mol. The van der Waals surface area contributed by atoms with Crippen LogP contribution in [0, 0.1) is 0 Å². The molecular formula is C18H16ClN3O2. The first kappa shape index (κ1) is 16.1. The van der Waals surface area contributed by atoms with Crippen molar-refractivity contribution in [2.45, 2.75) is 6.42 Å². The van der Waals surface area contributed by atoms with E-state index < -0.39 is 5.91 Å². The third-order valence-electron chi connectivity index (χ3n) is 3.54. The highest BCUT2D eigenvalue weighted by atomic mass is 35.5. The van der Waals surface area contributed by atoms with E-state index >= 15 is 0 Å². The quantitative estimate of drug-likeness (QED) is 0.749. The van der Waals surface area contributed by atoms with Gasteiger partial charge in [0, 0.05) is 11.6 Å². The van der Waals surface area contributed by atoms with Gasteiger partial charge in [-0.05, 0) is 36.2 Å². The van der Waals surface area contributed by atoms with Crippen molar-refractivity contribution in [3.05, 3.63) is 77.1 Å². The van der Waals surface area contributed by atoms with Crippen LogP contribution in [-0.4, -0.2) is 27.3 Å². The number of amides is 1. The minimum Gasteiger partial charge on any atom is -0.504 e. The second kappa shape index (κ2) is 7.19. The van der Waals surface area contributed by atoms with Crippen molar-refractivity contribution in [2.24, 2.45) is 0 Å². The maximum atomic E-state index is 12.2. The molecule has 5 nitrogen and oxygen atoms in total. The number of aromatic nitrogens is 2. The molecule has 6 heteroatoms. The molecule has 1 amide bonds. The lowest BCUT2D eigenvalue weighted by Crippen LogP contribution is -2.26. The number of nitrogens with zero attached hydrogens (tertiary/aromatic N) is 2. The second-order valence-corrected chi connectivity index (χ2v) is 5.71. The van der Waals surface area contributed by atoms with Crippen LogP contribution in [0.25, 0.3) is 5.69 Å². The summed E-state index contributed by atoms with van der Waals surface area (Å²) < 4.78 is 1.48. The molecule has 0 fully saturated rings. The summed E-state index contributed by atoms with van der Waals surface area (Å²) in [6.45, 7) is 0.443. The zero-order valence-corrected chi connectivity index (χ0v) is 13.6. The van der Waals surface area contributed by atoms with Crippen LogP contribution in [0.4, 0.5) is 0 Å². The molecule has 1 heterocycles. The van der Waals surface area contributed by atoms with Crippen molar-refractivity contribution >= 4 is 17.5 Å². The van der Waals surface area contributed by atoms with Crippen molar-refractivity contribution in [2.75, 3.05) is 6.54 Å². The van der Waals surface area contributed by atoms with E-state index in [4.69, 9.17) is 11.6 Å². The molecule has 0 saturated carbocycles. The lowest BCUT2D eigenvalue weighted by atomic mass is 10.1. The number of hydrogen-bond acceptors (Lipinski definition) is 3. The first-order chi connectivity index (χ1) is 11.6. The molecule has 0 aliphatic rings. The molecule has 0 unspecified atom stereocenters. The zero-order chi connectivity index (χ0) is 16.9. The smallest absolute Gasteiger partial charge is 0.275 e. The molecule has 0 radical (unpaired) electrons. The Hall–Kier alpha value is -2.79. The Morgan fingerprint density at radius 1 is 1.12 bits per heavy atom. The van der Waals surface area contributed by atoms with Crippen LogP contribution in [-0.2, 0) is 6.42 Å². The molecule has 2 aromatic carbocycles. The van der Waals surface area contributed by atoms with Gasteiger partial charge in [-0.2, -0.15) is 5.10 Å². The highest BCUT2D eigenvalue weighted by Crippen LogP contribution is 2.18. The standard InChI is InChI=1S/C18H16ClN3O2/c19-14-8-6-13(7-9-14)10-11-20-18(24)17-16(23)12-22(21-17)15-4-2-1-3-5-15/h1-9,12,23H,10-11H2,(H,20,24). The number of rotatable bonds is 5. The molecule has 0 atom stereocenters.